The van der Waals surface area contributed by atoms with E-state index >= 15 is 0 Å². The largest absolute Gasteiger partial charge is 0.342 e. The zero-order valence-corrected chi connectivity index (χ0v) is 6.89. The van der Waals surface area contributed by atoms with Crippen LogP contribution in [-0.2, 0) is 9.59 Å². The summed E-state index contributed by atoms with van der Waals surface area (Å²) in [7, 11) is 0. The highest BCUT2D eigenvalue weighted by atomic mass is 16.2. The van der Waals surface area contributed by atoms with Crippen LogP contribution in [0.15, 0.2) is 0 Å². The van der Waals surface area contributed by atoms with Gasteiger partial charge in [0, 0.05) is 6.92 Å². The maximum atomic E-state index is 10.9. The Hall–Kier alpha value is -1.10. The van der Waals surface area contributed by atoms with Gasteiger partial charge in [0.1, 0.15) is 5.54 Å². The molecule has 0 radical (unpaired) electrons. The Bertz CT molecular complexity index is 177. The second-order valence-corrected chi connectivity index (χ2v) is 2.78. The van der Waals surface area contributed by atoms with Crippen LogP contribution in [0.3, 0.4) is 0 Å². The minimum Gasteiger partial charge on any atom is -0.342 e. The van der Waals surface area contributed by atoms with Crippen molar-refractivity contribution >= 4 is 11.8 Å². The fraction of sp³-hybridized carbons (Fsp3) is 0.667. The van der Waals surface area contributed by atoms with Gasteiger partial charge in [-0.05, 0) is 13.8 Å². The van der Waals surface area contributed by atoms with Crippen molar-refractivity contribution in [3.63, 3.8) is 0 Å². The lowest BCUT2D eigenvalue weighted by Gasteiger charge is -2.22. The summed E-state index contributed by atoms with van der Waals surface area (Å²) in [5.41, 5.74) is 1.01. The summed E-state index contributed by atoms with van der Waals surface area (Å²) in [5.74, 6) is 4.19. The molecule has 0 saturated heterocycles. The zero-order valence-electron chi connectivity index (χ0n) is 6.89. The van der Waals surface area contributed by atoms with Gasteiger partial charge in [0.05, 0.1) is 0 Å². The number of nitrogens with one attached hydrogen (secondary N) is 2. The van der Waals surface area contributed by atoms with Gasteiger partial charge in [0.15, 0.2) is 0 Å². The van der Waals surface area contributed by atoms with E-state index in [1.807, 2.05) is 5.43 Å². The first-order chi connectivity index (χ1) is 4.90. The molecule has 0 aliphatic carbocycles. The number of nitrogens with two attached hydrogens (primary N) is 1. The van der Waals surface area contributed by atoms with Crippen LogP contribution in [0, 0.1) is 0 Å². The van der Waals surface area contributed by atoms with Gasteiger partial charge in [-0.25, -0.2) is 5.84 Å². The standard InChI is InChI=1S/C6H13N3O2/c1-4(10)8-6(2,3)5(11)9-7/h7H2,1-3H3,(H,8,10)(H,9,11). The van der Waals surface area contributed by atoms with Crippen molar-refractivity contribution < 1.29 is 9.59 Å². The van der Waals surface area contributed by atoms with E-state index in [9.17, 15) is 9.59 Å². The van der Waals surface area contributed by atoms with Gasteiger partial charge in [-0.3, -0.25) is 15.0 Å². The second kappa shape index (κ2) is 3.34. The lowest BCUT2D eigenvalue weighted by atomic mass is 10.1. The number of hydrazine groups is 1. The van der Waals surface area contributed by atoms with Crippen molar-refractivity contribution in [2.24, 2.45) is 5.84 Å². The van der Waals surface area contributed by atoms with E-state index in [0.717, 1.165) is 0 Å². The first-order valence-corrected chi connectivity index (χ1v) is 3.20. The molecule has 5 nitrogen and oxygen atoms in total. The Balaban J connectivity index is 4.21. The molecule has 0 aliphatic heterocycles. The monoisotopic (exact) mass is 159 g/mol. The van der Waals surface area contributed by atoms with Gasteiger partial charge in [0.2, 0.25) is 5.91 Å². The number of hydrogen-bond donors (Lipinski definition) is 3. The van der Waals surface area contributed by atoms with Crippen LogP contribution < -0.4 is 16.6 Å². The first kappa shape index (κ1) is 9.90. The maximum Gasteiger partial charge on any atom is 0.259 e. The molecule has 0 unspecified atom stereocenters. The number of carbonyl (C=O) groups excluding carboxylic acids is 2. The van der Waals surface area contributed by atoms with Gasteiger partial charge in [0.25, 0.3) is 5.91 Å². The number of hydrogen-bond acceptors (Lipinski definition) is 3. The highest BCUT2D eigenvalue weighted by Crippen LogP contribution is 1.99. The van der Waals surface area contributed by atoms with Crippen LogP contribution in [0.5, 0.6) is 0 Å². The SMILES string of the molecule is CC(=O)NC(C)(C)C(=O)NN. The van der Waals surface area contributed by atoms with Gasteiger partial charge < -0.3 is 5.32 Å². The Labute approximate surface area is 65.3 Å². The van der Waals surface area contributed by atoms with Gasteiger partial charge in [-0.2, -0.15) is 0 Å². The summed E-state index contributed by atoms with van der Waals surface area (Å²) >= 11 is 0. The highest BCUT2D eigenvalue weighted by Gasteiger charge is 2.27. The summed E-state index contributed by atoms with van der Waals surface area (Å²) in [6.07, 6.45) is 0. The summed E-state index contributed by atoms with van der Waals surface area (Å²) in [6, 6.07) is 0. The molecule has 4 N–H and O–H groups in total. The molecule has 2 amide bonds. The zero-order chi connectivity index (χ0) is 9.07. The predicted octanol–water partition coefficient (Wildman–Crippen LogP) is -1.11. The average molecular weight is 159 g/mol. The fourth-order valence-electron chi connectivity index (χ4n) is 0.677. The molecular weight excluding hydrogens is 146 g/mol. The van der Waals surface area contributed by atoms with E-state index in [1.54, 1.807) is 13.8 Å². The molecule has 64 valence electrons. The van der Waals surface area contributed by atoms with Crippen LogP contribution in [0.2, 0.25) is 0 Å². The van der Waals surface area contributed by atoms with Gasteiger partial charge in [-0.15, -0.1) is 0 Å². The molecule has 0 atom stereocenters. The van der Waals surface area contributed by atoms with Crippen molar-refractivity contribution in [3.8, 4) is 0 Å². The molecule has 5 heteroatoms. The van der Waals surface area contributed by atoms with E-state index in [1.165, 1.54) is 6.92 Å². The van der Waals surface area contributed by atoms with Crippen LogP contribution in [0.1, 0.15) is 20.8 Å². The van der Waals surface area contributed by atoms with E-state index in [-0.39, 0.29) is 5.91 Å². The molecule has 0 aliphatic rings. The molecule has 0 fully saturated rings. The first-order valence-electron chi connectivity index (χ1n) is 3.20. The van der Waals surface area contributed by atoms with Crippen molar-refractivity contribution in [2.75, 3.05) is 0 Å². The summed E-state index contributed by atoms with van der Waals surface area (Å²) in [4.78, 5) is 21.5. The van der Waals surface area contributed by atoms with Crippen molar-refractivity contribution in [1.82, 2.24) is 10.7 Å². The lowest BCUT2D eigenvalue weighted by Crippen LogP contribution is -2.55. The molecule has 0 rings (SSSR count). The molecule has 0 aromatic rings. The average Bonchev–Trinajstić information content (AvgIpc) is 1.83. The second-order valence-electron chi connectivity index (χ2n) is 2.78. The van der Waals surface area contributed by atoms with E-state index in [0.29, 0.717) is 0 Å². The van der Waals surface area contributed by atoms with Crippen molar-refractivity contribution in [3.05, 3.63) is 0 Å². The number of rotatable bonds is 2. The maximum absolute atomic E-state index is 10.9. The topological polar surface area (TPSA) is 84.2 Å². The molecule has 0 aromatic carbocycles. The van der Waals surface area contributed by atoms with Crippen LogP contribution >= 0.6 is 0 Å². The third-order valence-electron chi connectivity index (χ3n) is 1.19. The third kappa shape index (κ3) is 2.99. The molecule has 11 heavy (non-hydrogen) atoms. The van der Waals surface area contributed by atoms with Crippen LogP contribution in [0.4, 0.5) is 0 Å². The minimum absolute atomic E-state index is 0.265. The van der Waals surface area contributed by atoms with Gasteiger partial charge in [-0.1, -0.05) is 0 Å². The smallest absolute Gasteiger partial charge is 0.259 e. The van der Waals surface area contributed by atoms with Crippen LogP contribution in [-0.4, -0.2) is 17.4 Å². The Morgan fingerprint density at radius 2 is 1.82 bits per heavy atom. The summed E-state index contributed by atoms with van der Waals surface area (Å²) in [5, 5.41) is 2.44. The number of amides is 2. The van der Waals surface area contributed by atoms with Crippen LogP contribution in [0.25, 0.3) is 0 Å². The normalized spacial score (nSPS) is 10.5. The van der Waals surface area contributed by atoms with Crippen molar-refractivity contribution in [1.29, 1.82) is 0 Å². The van der Waals surface area contributed by atoms with E-state index in [4.69, 9.17) is 5.84 Å². The Morgan fingerprint density at radius 3 is 2.09 bits per heavy atom. The van der Waals surface area contributed by atoms with Gasteiger partial charge >= 0.3 is 0 Å². The predicted molar refractivity (Wildman–Crippen MR) is 40.2 cm³/mol. The molecular formula is C6H13N3O2. The van der Waals surface area contributed by atoms with E-state index < -0.39 is 11.4 Å². The summed E-state index contributed by atoms with van der Waals surface area (Å²) < 4.78 is 0. The third-order valence-corrected chi connectivity index (χ3v) is 1.19. The Morgan fingerprint density at radius 1 is 1.36 bits per heavy atom. The molecule has 0 heterocycles. The molecule has 0 aromatic heterocycles. The molecule has 0 saturated carbocycles. The molecule has 0 spiro atoms. The minimum atomic E-state index is -0.944. The highest BCUT2D eigenvalue weighted by molar-refractivity contribution is 5.89. The van der Waals surface area contributed by atoms with E-state index in [2.05, 4.69) is 5.32 Å². The fourth-order valence-corrected chi connectivity index (χ4v) is 0.677. The lowest BCUT2D eigenvalue weighted by molar-refractivity contribution is -0.131. The quantitative estimate of drug-likeness (QED) is 0.271. The number of carbonyl (C=O) groups is 2. The molecule has 0 bridgehead atoms. The van der Waals surface area contributed by atoms with Crippen molar-refractivity contribution in [2.45, 2.75) is 26.3 Å². The Kier molecular flexibility index (Phi) is 3.00. The summed E-state index contributed by atoms with van der Waals surface area (Å²) in [6.45, 7) is 4.47.